The van der Waals surface area contributed by atoms with E-state index in [-0.39, 0.29) is 0 Å². The number of aliphatic imine (C=N–C) groups is 1. The summed E-state index contributed by atoms with van der Waals surface area (Å²) in [5.41, 5.74) is 0. The monoisotopic (exact) mass is 130 g/mol. The van der Waals surface area contributed by atoms with Crippen LogP contribution < -0.4 is 4.99 Å². The second-order valence-corrected chi connectivity index (χ2v) is 1.96. The van der Waals surface area contributed by atoms with E-state index in [9.17, 15) is 0 Å². The molecule has 45 valence electrons. The first-order valence-electron chi connectivity index (χ1n) is 2.45. The van der Waals surface area contributed by atoms with Crippen LogP contribution >= 0.6 is 12.2 Å². The summed E-state index contributed by atoms with van der Waals surface area (Å²) < 4.78 is 0. The van der Waals surface area contributed by atoms with E-state index in [1.165, 1.54) is 0 Å². The number of hydrogen-bond donors (Lipinski definition) is 0. The summed E-state index contributed by atoms with van der Waals surface area (Å²) in [5.74, 6) is 0. The topological polar surface area (TPSA) is 17.3 Å². The van der Waals surface area contributed by atoms with Crippen LogP contribution in [0.4, 0.5) is 0 Å². The maximum Gasteiger partial charge on any atom is 0.323 e. The third-order valence-corrected chi connectivity index (χ3v) is 0.853. The molecule has 0 rings (SSSR count). The van der Waals surface area contributed by atoms with Crippen LogP contribution in [0.3, 0.4) is 0 Å². The van der Waals surface area contributed by atoms with Gasteiger partial charge >= 0.3 is 5.16 Å². The molecule has 0 bridgehead atoms. The van der Waals surface area contributed by atoms with Crippen molar-refractivity contribution in [1.82, 2.24) is 9.89 Å². The van der Waals surface area contributed by atoms with Crippen molar-refractivity contribution >= 4 is 17.4 Å². The van der Waals surface area contributed by atoms with Gasteiger partial charge in [-0.15, -0.1) is 0 Å². The Morgan fingerprint density at radius 2 is 2.25 bits per heavy atom. The molecule has 0 aromatic rings. The van der Waals surface area contributed by atoms with Gasteiger partial charge in [0.25, 0.3) is 0 Å². The predicted molar refractivity (Wildman–Crippen MR) is 38.2 cm³/mol. The zero-order valence-electron chi connectivity index (χ0n) is 5.22. The van der Waals surface area contributed by atoms with Crippen LogP contribution in [0, 0.1) is 0 Å². The quantitative estimate of drug-likeness (QED) is 0.395. The first kappa shape index (κ1) is 7.76. The van der Waals surface area contributed by atoms with Gasteiger partial charge in [-0.05, 0) is 14.1 Å². The van der Waals surface area contributed by atoms with E-state index in [2.05, 4.69) is 27.3 Å². The van der Waals surface area contributed by atoms with E-state index >= 15 is 0 Å². The summed E-state index contributed by atoms with van der Waals surface area (Å²) in [6, 6.07) is 0. The van der Waals surface area contributed by atoms with Crippen molar-refractivity contribution in [2.75, 3.05) is 27.2 Å². The van der Waals surface area contributed by atoms with Crippen molar-refractivity contribution < 1.29 is 0 Å². The van der Waals surface area contributed by atoms with Gasteiger partial charge in [0.1, 0.15) is 0 Å². The molecular weight excluding hydrogens is 120 g/mol. The molecule has 2 nitrogen and oxygen atoms in total. The van der Waals surface area contributed by atoms with E-state index in [4.69, 9.17) is 0 Å². The molecule has 3 heteroatoms. The second kappa shape index (κ2) is 4.91. The summed E-state index contributed by atoms with van der Waals surface area (Å²) in [5, 5.41) is 2.30. The Balaban J connectivity index is 3.05. The van der Waals surface area contributed by atoms with Gasteiger partial charge in [0.15, 0.2) is 0 Å². The first-order valence-corrected chi connectivity index (χ1v) is 2.86. The zero-order valence-corrected chi connectivity index (χ0v) is 6.03. The van der Waals surface area contributed by atoms with E-state index in [0.717, 1.165) is 13.1 Å². The Morgan fingerprint density at radius 1 is 1.62 bits per heavy atom. The van der Waals surface area contributed by atoms with Gasteiger partial charge < -0.3 is 4.90 Å². The summed E-state index contributed by atoms with van der Waals surface area (Å²) in [4.78, 5) is 5.79. The molecule has 0 N–H and O–H groups in total. The van der Waals surface area contributed by atoms with Crippen LogP contribution in [0.5, 0.6) is 0 Å². The minimum atomic E-state index is 0.760. The summed E-state index contributed by atoms with van der Waals surface area (Å²) in [6.45, 7) is 1.71. The maximum atomic E-state index is 4.37. The molecule has 0 aromatic heterocycles. The molecule has 0 aliphatic rings. The maximum absolute atomic E-state index is 4.37. The molecule has 0 saturated carbocycles. The molecular formula is C5H10N2S+. The number of nitrogens with zero attached hydrogens (tertiary/aromatic N) is 2. The standard InChI is InChI=1S/C5H10N2S/c1-7(2)4-3-6-5-8/h3-4H2,1-2H3/q+1. The highest BCUT2D eigenvalue weighted by Crippen LogP contribution is 1.67. The highest BCUT2D eigenvalue weighted by molar-refractivity contribution is 7.78. The summed E-state index contributed by atoms with van der Waals surface area (Å²) >= 11 is 4.37. The lowest BCUT2D eigenvalue weighted by Crippen LogP contribution is -2.18. The Labute approximate surface area is 55.2 Å². The van der Waals surface area contributed by atoms with E-state index in [0.29, 0.717) is 0 Å². The summed E-state index contributed by atoms with van der Waals surface area (Å²) in [7, 11) is 4.00. The molecule has 0 unspecified atom stereocenters. The van der Waals surface area contributed by atoms with Gasteiger partial charge in [-0.25, -0.2) is 0 Å². The SMILES string of the molecule is CN(C)CC[N+]=C=S. The van der Waals surface area contributed by atoms with Gasteiger partial charge in [-0.1, -0.05) is 0 Å². The van der Waals surface area contributed by atoms with E-state index in [1.807, 2.05) is 14.1 Å². The minimum absolute atomic E-state index is 0.760. The predicted octanol–water partition coefficient (Wildman–Crippen LogP) is -0.0134. The Bertz CT molecular complexity index is 94.6. The average molecular weight is 130 g/mol. The fraction of sp³-hybridized carbons (Fsp3) is 0.800. The van der Waals surface area contributed by atoms with Gasteiger partial charge in [0, 0.05) is 0 Å². The highest BCUT2D eigenvalue weighted by atomic mass is 32.1. The number of hydrogen-bond acceptors (Lipinski definition) is 3. The van der Waals surface area contributed by atoms with Gasteiger partial charge in [0.2, 0.25) is 6.54 Å². The zero-order chi connectivity index (χ0) is 6.41. The van der Waals surface area contributed by atoms with Crippen LogP contribution in [0.1, 0.15) is 0 Å². The highest BCUT2D eigenvalue weighted by Gasteiger charge is 1.92. The van der Waals surface area contributed by atoms with Crippen molar-refractivity contribution in [3.63, 3.8) is 0 Å². The Hall–Kier alpha value is -0.240. The fourth-order valence-electron chi connectivity index (χ4n) is 0.296. The largest absolute Gasteiger partial charge is 0.323 e. The van der Waals surface area contributed by atoms with Crippen molar-refractivity contribution in [2.24, 2.45) is 0 Å². The Kier molecular flexibility index (Phi) is 4.76. The second-order valence-electron chi connectivity index (χ2n) is 1.78. The number of isothiocyanates is 1. The van der Waals surface area contributed by atoms with Gasteiger partial charge in [-0.2, -0.15) is 0 Å². The lowest BCUT2D eigenvalue weighted by Gasteiger charge is -1.99. The molecule has 0 atom stereocenters. The van der Waals surface area contributed by atoms with Crippen LogP contribution in [0.2, 0.25) is 0 Å². The summed E-state index contributed by atoms with van der Waals surface area (Å²) in [6.07, 6.45) is 0. The van der Waals surface area contributed by atoms with Crippen LogP contribution in [0.25, 0.3) is 0 Å². The number of thiocarbonyl (C=S) groups is 1. The lowest BCUT2D eigenvalue weighted by molar-refractivity contribution is 0.415. The number of rotatable bonds is 3. The van der Waals surface area contributed by atoms with Crippen molar-refractivity contribution in [2.45, 2.75) is 0 Å². The molecule has 0 aromatic carbocycles. The smallest absolute Gasteiger partial charge is 0.303 e. The third-order valence-electron chi connectivity index (χ3n) is 0.724. The van der Waals surface area contributed by atoms with Crippen LogP contribution in [-0.4, -0.2) is 37.2 Å². The Morgan fingerprint density at radius 3 is 2.62 bits per heavy atom. The van der Waals surface area contributed by atoms with Crippen molar-refractivity contribution in [1.29, 1.82) is 0 Å². The van der Waals surface area contributed by atoms with Crippen molar-refractivity contribution in [3.8, 4) is 0 Å². The molecule has 0 heterocycles. The lowest BCUT2D eigenvalue weighted by atomic mass is 10.6. The van der Waals surface area contributed by atoms with Crippen LogP contribution in [-0.2, 0) is 0 Å². The molecule has 0 spiro atoms. The normalized spacial score (nSPS) is 8.88. The van der Waals surface area contributed by atoms with Gasteiger partial charge in [-0.3, -0.25) is 0 Å². The molecule has 1 radical (unpaired) electrons. The molecule has 0 aliphatic carbocycles. The molecule has 0 saturated heterocycles. The minimum Gasteiger partial charge on any atom is -0.303 e. The number of likely N-dealkylation sites (N-methyl/N-ethyl adjacent to an activating group) is 1. The molecule has 0 aliphatic heterocycles. The fourth-order valence-corrected chi connectivity index (χ4v) is 0.387. The van der Waals surface area contributed by atoms with Crippen molar-refractivity contribution in [3.05, 3.63) is 0 Å². The average Bonchev–Trinajstić information content (AvgIpc) is 1.66. The molecule has 0 fully saturated rings. The first-order chi connectivity index (χ1) is 3.77. The van der Waals surface area contributed by atoms with E-state index in [1.54, 1.807) is 0 Å². The molecule has 0 amide bonds. The molecule has 8 heavy (non-hydrogen) atoms. The van der Waals surface area contributed by atoms with Gasteiger partial charge in [0.05, 0.1) is 23.8 Å². The third kappa shape index (κ3) is 5.76. The van der Waals surface area contributed by atoms with Crippen LogP contribution in [0.15, 0.2) is 0 Å². The van der Waals surface area contributed by atoms with E-state index < -0.39 is 0 Å².